The van der Waals surface area contributed by atoms with Crippen molar-refractivity contribution in [2.24, 2.45) is 0 Å². The number of rotatable bonds is 7. The molecule has 25 heavy (non-hydrogen) atoms. The quantitative estimate of drug-likeness (QED) is 0.785. The molecular formula is C20H23NO4. The van der Waals surface area contributed by atoms with Gasteiger partial charge in [0.05, 0.1) is 11.7 Å². The second-order valence-corrected chi connectivity index (χ2v) is 6.03. The van der Waals surface area contributed by atoms with Crippen LogP contribution in [0, 0.1) is 6.92 Å². The molecule has 0 aromatic heterocycles. The van der Waals surface area contributed by atoms with Crippen molar-refractivity contribution in [2.75, 3.05) is 6.61 Å². The van der Waals surface area contributed by atoms with Gasteiger partial charge in [-0.15, -0.1) is 0 Å². The predicted octanol–water partition coefficient (Wildman–Crippen LogP) is 3.26. The van der Waals surface area contributed by atoms with Crippen LogP contribution in [0.25, 0.3) is 0 Å². The monoisotopic (exact) mass is 341 g/mol. The van der Waals surface area contributed by atoms with E-state index in [-0.39, 0.29) is 18.6 Å². The Morgan fingerprint density at radius 2 is 1.64 bits per heavy atom. The van der Waals surface area contributed by atoms with Crippen molar-refractivity contribution in [3.8, 4) is 5.75 Å². The number of carbonyl (C=O) groups excluding carboxylic acids is 2. The molecule has 132 valence electrons. The Bertz CT molecular complexity index is 705. The van der Waals surface area contributed by atoms with Crippen molar-refractivity contribution in [1.82, 2.24) is 5.32 Å². The Hall–Kier alpha value is -2.82. The topological polar surface area (TPSA) is 64.6 Å². The van der Waals surface area contributed by atoms with Crippen LogP contribution in [0.15, 0.2) is 48.5 Å². The summed E-state index contributed by atoms with van der Waals surface area (Å²) >= 11 is 0. The van der Waals surface area contributed by atoms with E-state index in [1.54, 1.807) is 24.3 Å². The van der Waals surface area contributed by atoms with Crippen LogP contribution in [0.2, 0.25) is 0 Å². The number of esters is 1. The molecule has 2 rings (SSSR count). The number of ether oxygens (including phenoxy) is 2. The SMILES string of the molecule is Cc1ccc(CNC(=O)COC(=O)c2ccc(OC(C)C)cc2)cc1. The first-order valence-corrected chi connectivity index (χ1v) is 8.20. The predicted molar refractivity (Wildman–Crippen MR) is 95.5 cm³/mol. The van der Waals surface area contributed by atoms with Gasteiger partial charge in [0.2, 0.25) is 0 Å². The highest BCUT2D eigenvalue weighted by Gasteiger charge is 2.10. The second kappa shape index (κ2) is 8.87. The van der Waals surface area contributed by atoms with E-state index in [1.807, 2.05) is 45.0 Å². The van der Waals surface area contributed by atoms with Crippen LogP contribution in [-0.2, 0) is 16.1 Å². The van der Waals surface area contributed by atoms with Gasteiger partial charge in [0.15, 0.2) is 6.61 Å². The van der Waals surface area contributed by atoms with Gasteiger partial charge < -0.3 is 14.8 Å². The lowest BCUT2D eigenvalue weighted by molar-refractivity contribution is -0.124. The third-order valence-electron chi connectivity index (χ3n) is 3.41. The molecule has 0 heterocycles. The third kappa shape index (κ3) is 6.30. The molecule has 1 N–H and O–H groups in total. The van der Waals surface area contributed by atoms with Gasteiger partial charge in [-0.3, -0.25) is 4.79 Å². The summed E-state index contributed by atoms with van der Waals surface area (Å²) in [7, 11) is 0. The van der Waals surface area contributed by atoms with Gasteiger partial charge in [-0.25, -0.2) is 4.79 Å². The zero-order valence-corrected chi connectivity index (χ0v) is 14.7. The number of aryl methyl sites for hydroxylation is 1. The maximum absolute atomic E-state index is 12.0. The minimum Gasteiger partial charge on any atom is -0.491 e. The summed E-state index contributed by atoms with van der Waals surface area (Å²) in [5, 5.41) is 2.72. The molecule has 0 radical (unpaired) electrons. The van der Waals surface area contributed by atoms with E-state index in [4.69, 9.17) is 9.47 Å². The zero-order valence-electron chi connectivity index (χ0n) is 14.7. The summed E-state index contributed by atoms with van der Waals surface area (Å²) < 4.78 is 10.5. The van der Waals surface area contributed by atoms with E-state index in [1.165, 1.54) is 0 Å². The van der Waals surface area contributed by atoms with E-state index in [2.05, 4.69) is 5.32 Å². The molecule has 2 aromatic rings. The van der Waals surface area contributed by atoms with E-state index in [9.17, 15) is 9.59 Å². The Labute approximate surface area is 148 Å². The molecule has 5 heteroatoms. The van der Waals surface area contributed by atoms with Crippen molar-refractivity contribution in [1.29, 1.82) is 0 Å². The van der Waals surface area contributed by atoms with Gasteiger partial charge in [0, 0.05) is 6.54 Å². The van der Waals surface area contributed by atoms with Crippen LogP contribution in [0.1, 0.15) is 35.3 Å². The smallest absolute Gasteiger partial charge is 0.338 e. The van der Waals surface area contributed by atoms with Gasteiger partial charge in [0.1, 0.15) is 5.75 Å². The molecule has 0 aliphatic carbocycles. The molecule has 2 aromatic carbocycles. The minimum absolute atomic E-state index is 0.0648. The van der Waals surface area contributed by atoms with Crippen LogP contribution >= 0.6 is 0 Å². The molecule has 0 fully saturated rings. The summed E-state index contributed by atoms with van der Waals surface area (Å²) in [6.45, 7) is 5.95. The van der Waals surface area contributed by atoms with Gasteiger partial charge >= 0.3 is 5.97 Å². The summed E-state index contributed by atoms with van der Waals surface area (Å²) in [5.41, 5.74) is 2.53. The second-order valence-electron chi connectivity index (χ2n) is 6.03. The Morgan fingerprint density at radius 3 is 2.24 bits per heavy atom. The van der Waals surface area contributed by atoms with E-state index >= 15 is 0 Å². The highest BCUT2D eigenvalue weighted by atomic mass is 16.5. The first-order valence-electron chi connectivity index (χ1n) is 8.20. The molecule has 0 spiro atoms. The first kappa shape index (κ1) is 18.5. The van der Waals surface area contributed by atoms with Crippen molar-refractivity contribution in [3.05, 3.63) is 65.2 Å². The van der Waals surface area contributed by atoms with Gasteiger partial charge in [-0.2, -0.15) is 0 Å². The van der Waals surface area contributed by atoms with Crippen molar-refractivity contribution >= 4 is 11.9 Å². The number of benzene rings is 2. The molecule has 0 atom stereocenters. The minimum atomic E-state index is -0.540. The summed E-state index contributed by atoms with van der Waals surface area (Å²) in [5.74, 6) is -0.197. The number of nitrogens with one attached hydrogen (secondary N) is 1. The first-order chi connectivity index (χ1) is 11.9. The highest BCUT2D eigenvalue weighted by Crippen LogP contribution is 2.14. The average Bonchev–Trinajstić information content (AvgIpc) is 2.59. The van der Waals surface area contributed by atoms with Gasteiger partial charge in [0.25, 0.3) is 5.91 Å². The summed E-state index contributed by atoms with van der Waals surface area (Å²) in [6, 6.07) is 14.5. The molecule has 0 aliphatic rings. The molecular weight excluding hydrogens is 318 g/mol. The molecule has 0 saturated carbocycles. The van der Waals surface area contributed by atoms with Crippen molar-refractivity contribution in [2.45, 2.75) is 33.4 Å². The van der Waals surface area contributed by atoms with E-state index in [0.29, 0.717) is 17.9 Å². The average molecular weight is 341 g/mol. The largest absolute Gasteiger partial charge is 0.491 e. The number of hydrogen-bond donors (Lipinski definition) is 1. The number of carbonyl (C=O) groups is 2. The fourth-order valence-corrected chi connectivity index (χ4v) is 2.11. The molecule has 5 nitrogen and oxygen atoms in total. The van der Waals surface area contributed by atoms with Gasteiger partial charge in [-0.1, -0.05) is 29.8 Å². The Kier molecular flexibility index (Phi) is 6.57. The standard InChI is InChI=1S/C20H23NO4/c1-14(2)25-18-10-8-17(9-11-18)20(23)24-13-19(22)21-12-16-6-4-15(3)5-7-16/h4-11,14H,12-13H2,1-3H3,(H,21,22). The molecule has 0 bridgehead atoms. The lowest BCUT2D eigenvalue weighted by Crippen LogP contribution is -2.28. The Morgan fingerprint density at radius 1 is 1.00 bits per heavy atom. The fourth-order valence-electron chi connectivity index (χ4n) is 2.11. The molecule has 0 unspecified atom stereocenters. The maximum atomic E-state index is 12.0. The van der Waals surface area contributed by atoms with Gasteiger partial charge in [-0.05, 0) is 50.6 Å². The van der Waals surface area contributed by atoms with Crippen LogP contribution < -0.4 is 10.1 Å². The van der Waals surface area contributed by atoms with Crippen molar-refractivity contribution in [3.63, 3.8) is 0 Å². The van der Waals surface area contributed by atoms with E-state index < -0.39 is 5.97 Å². The van der Waals surface area contributed by atoms with E-state index in [0.717, 1.165) is 11.1 Å². The third-order valence-corrected chi connectivity index (χ3v) is 3.41. The van der Waals surface area contributed by atoms with Crippen LogP contribution in [0.4, 0.5) is 0 Å². The lowest BCUT2D eigenvalue weighted by Gasteiger charge is -2.10. The van der Waals surface area contributed by atoms with Crippen molar-refractivity contribution < 1.29 is 19.1 Å². The summed E-state index contributed by atoms with van der Waals surface area (Å²) in [6.07, 6.45) is 0.0648. The molecule has 1 amide bonds. The molecule has 0 aliphatic heterocycles. The highest BCUT2D eigenvalue weighted by molar-refractivity contribution is 5.91. The van der Waals surface area contributed by atoms with Crippen LogP contribution in [0.5, 0.6) is 5.75 Å². The van der Waals surface area contributed by atoms with Crippen LogP contribution in [0.3, 0.4) is 0 Å². The number of hydrogen-bond acceptors (Lipinski definition) is 4. The number of amides is 1. The Balaban J connectivity index is 1.76. The normalized spacial score (nSPS) is 10.4. The zero-order chi connectivity index (χ0) is 18.2. The lowest BCUT2D eigenvalue weighted by atomic mass is 10.1. The molecule has 0 saturated heterocycles. The maximum Gasteiger partial charge on any atom is 0.338 e. The van der Waals surface area contributed by atoms with Crippen LogP contribution in [-0.4, -0.2) is 24.6 Å². The summed E-state index contributed by atoms with van der Waals surface area (Å²) in [4.78, 5) is 23.7. The fraction of sp³-hybridized carbons (Fsp3) is 0.300.